The molecule has 296 valence electrons. The molecular weight excluding hydrogens is 721 g/mol. The quantitative estimate of drug-likeness (QED) is 0.113. The first-order valence-electron chi connectivity index (χ1n) is 19.5. The van der Waals surface area contributed by atoms with Crippen molar-refractivity contribution in [3.63, 3.8) is 0 Å². The number of benzene rings is 4. The van der Waals surface area contributed by atoms with Gasteiger partial charge in [0.05, 0.1) is 5.92 Å². The molecule has 0 spiro atoms. The molecule has 0 radical (unpaired) electrons. The van der Waals surface area contributed by atoms with Gasteiger partial charge in [-0.2, -0.15) is 0 Å². The van der Waals surface area contributed by atoms with Crippen molar-refractivity contribution in [2.24, 2.45) is 17.4 Å². The Morgan fingerprint density at radius 1 is 0.579 bits per heavy atom. The molecule has 4 unspecified atom stereocenters. The van der Waals surface area contributed by atoms with Crippen LogP contribution in [0.15, 0.2) is 97.1 Å². The average Bonchev–Trinajstić information content (AvgIpc) is 3.19. The van der Waals surface area contributed by atoms with E-state index in [-0.39, 0.29) is 18.4 Å². The van der Waals surface area contributed by atoms with Gasteiger partial charge in [0, 0.05) is 17.6 Å². The number of hydrogen-bond donors (Lipinski definition) is 2. The van der Waals surface area contributed by atoms with Crippen LogP contribution in [0.4, 0.5) is 9.59 Å². The van der Waals surface area contributed by atoms with Crippen molar-refractivity contribution in [3.8, 4) is 33.4 Å². The second-order valence-electron chi connectivity index (χ2n) is 14.9. The van der Waals surface area contributed by atoms with E-state index in [1.165, 1.54) is 0 Å². The number of amides is 2. The molecule has 6 rings (SSSR count). The van der Waals surface area contributed by atoms with E-state index in [0.717, 1.165) is 55.6 Å². The number of hydrogen-bond acceptors (Lipinski definition) is 8. The largest absolute Gasteiger partial charge is 0.458 e. The van der Waals surface area contributed by atoms with Gasteiger partial charge in [0.25, 0.3) is 0 Å². The monoisotopic (exact) mass is 770 g/mol. The lowest BCUT2D eigenvalue weighted by Crippen LogP contribution is -2.32. The lowest BCUT2D eigenvalue weighted by Gasteiger charge is -2.36. The summed E-state index contributed by atoms with van der Waals surface area (Å²) in [5.41, 5.74) is 21.1. The van der Waals surface area contributed by atoms with Crippen LogP contribution < -0.4 is 11.5 Å². The van der Waals surface area contributed by atoms with Crippen LogP contribution in [0.2, 0.25) is 0 Å². The zero-order valence-corrected chi connectivity index (χ0v) is 33.1. The molecular formula is C47H50N2O8. The van der Waals surface area contributed by atoms with Crippen LogP contribution in [-0.2, 0) is 28.5 Å². The summed E-state index contributed by atoms with van der Waals surface area (Å²) in [6, 6.07) is 28.0. The van der Waals surface area contributed by atoms with E-state index in [1.54, 1.807) is 20.8 Å². The van der Waals surface area contributed by atoms with Crippen LogP contribution in [0.5, 0.6) is 0 Å². The molecule has 4 aromatic rings. The van der Waals surface area contributed by atoms with Crippen LogP contribution >= 0.6 is 0 Å². The Kier molecular flexibility index (Phi) is 12.6. The molecule has 10 nitrogen and oxygen atoms in total. The molecule has 0 heterocycles. The molecule has 2 aliphatic carbocycles. The van der Waals surface area contributed by atoms with Gasteiger partial charge in [0.1, 0.15) is 24.4 Å². The minimum Gasteiger partial charge on any atom is -0.458 e. The topological polar surface area (TPSA) is 157 Å². The summed E-state index contributed by atoms with van der Waals surface area (Å²) >= 11 is 0. The van der Waals surface area contributed by atoms with E-state index in [1.807, 2.05) is 98.8 Å². The predicted octanol–water partition coefficient (Wildman–Crippen LogP) is 9.48. The Labute approximate surface area is 333 Å². The van der Waals surface area contributed by atoms with E-state index < -0.39 is 42.5 Å². The number of esters is 2. The third-order valence-corrected chi connectivity index (χ3v) is 10.5. The summed E-state index contributed by atoms with van der Waals surface area (Å²) in [4.78, 5) is 50.8. The Morgan fingerprint density at radius 2 is 1.05 bits per heavy atom. The van der Waals surface area contributed by atoms with E-state index in [0.29, 0.717) is 36.8 Å². The molecule has 0 saturated heterocycles. The maximum atomic E-state index is 13.4. The summed E-state index contributed by atoms with van der Waals surface area (Å²) in [6.45, 7) is 9.37. The van der Waals surface area contributed by atoms with E-state index in [2.05, 4.69) is 12.1 Å². The Hall–Kier alpha value is -6.16. The van der Waals surface area contributed by atoms with Crippen molar-refractivity contribution in [1.29, 1.82) is 0 Å². The van der Waals surface area contributed by atoms with Crippen molar-refractivity contribution >= 4 is 35.3 Å². The smallest absolute Gasteiger partial charge is 0.405 e. The fraction of sp³-hybridized carbons (Fsp3) is 0.319. The third kappa shape index (κ3) is 9.12. The summed E-state index contributed by atoms with van der Waals surface area (Å²) < 4.78 is 23.7. The summed E-state index contributed by atoms with van der Waals surface area (Å²) in [5.74, 6) is -1.10. The van der Waals surface area contributed by atoms with Crippen molar-refractivity contribution < 1.29 is 38.1 Å². The van der Waals surface area contributed by atoms with Gasteiger partial charge in [-0.25, -0.2) is 9.59 Å². The van der Waals surface area contributed by atoms with Crippen molar-refractivity contribution in [2.75, 3.05) is 0 Å². The number of nitrogens with two attached hydrogens (primary N) is 2. The number of rotatable bonds is 11. The highest BCUT2D eigenvalue weighted by molar-refractivity contribution is 6.06. The van der Waals surface area contributed by atoms with Crippen LogP contribution in [0.3, 0.4) is 0 Å². The maximum absolute atomic E-state index is 13.4. The van der Waals surface area contributed by atoms with Gasteiger partial charge in [0.15, 0.2) is 0 Å². The zero-order chi connectivity index (χ0) is 40.8. The first-order valence-corrected chi connectivity index (χ1v) is 19.5. The molecule has 0 bridgehead atoms. The normalized spacial score (nSPS) is 19.2. The zero-order valence-electron chi connectivity index (χ0n) is 33.1. The fourth-order valence-corrected chi connectivity index (χ4v) is 7.85. The minimum atomic E-state index is -0.921. The summed E-state index contributed by atoms with van der Waals surface area (Å²) in [5, 5.41) is 0. The van der Waals surface area contributed by atoms with Gasteiger partial charge in [-0.3, -0.25) is 9.59 Å². The third-order valence-electron chi connectivity index (χ3n) is 10.5. The standard InChI is InChI=1S/C47H50N2O8/c1-6-39(50)54-33-21-24-38(57-47(49)53)35(25-33)41-29(5)40(30-13-9-7-10-14-30)44(36-26-34(55-46(48)52)22-23-37(36)56-45(51)27(2)3)43(32-19-17-28(4)18-20-32)42(41)31-15-11-8-12-16-31/h7-20,25-27,33-34,37-38H,6,21-24H2,1-5H3,(H2,48,52)(H2,49,53). The van der Waals surface area contributed by atoms with Crippen LogP contribution in [0.25, 0.3) is 44.5 Å². The summed E-state index contributed by atoms with van der Waals surface area (Å²) in [6.07, 6.45) is 0.932. The number of primary amides is 2. The highest BCUT2D eigenvalue weighted by Crippen LogP contribution is 2.53. The van der Waals surface area contributed by atoms with Crippen LogP contribution in [0.1, 0.15) is 75.1 Å². The van der Waals surface area contributed by atoms with Gasteiger partial charge < -0.3 is 30.4 Å². The van der Waals surface area contributed by atoms with E-state index in [9.17, 15) is 19.2 Å². The number of carbonyl (C=O) groups excluding carboxylic acids is 4. The maximum Gasteiger partial charge on any atom is 0.405 e. The van der Waals surface area contributed by atoms with Crippen LogP contribution in [-0.4, -0.2) is 48.5 Å². The molecule has 2 aliphatic rings. The molecule has 2 amide bonds. The minimum absolute atomic E-state index is 0.206. The lowest BCUT2D eigenvalue weighted by atomic mass is 9.72. The second-order valence-corrected chi connectivity index (χ2v) is 14.9. The Morgan fingerprint density at radius 3 is 1.58 bits per heavy atom. The van der Waals surface area contributed by atoms with Gasteiger partial charge >= 0.3 is 24.1 Å². The van der Waals surface area contributed by atoms with Crippen molar-refractivity contribution in [2.45, 2.75) is 91.1 Å². The summed E-state index contributed by atoms with van der Waals surface area (Å²) in [7, 11) is 0. The molecule has 0 aliphatic heterocycles. The molecule has 10 heteroatoms. The Bertz CT molecular complexity index is 2190. The van der Waals surface area contributed by atoms with E-state index >= 15 is 0 Å². The molecule has 57 heavy (non-hydrogen) atoms. The van der Waals surface area contributed by atoms with Gasteiger partial charge in [-0.1, -0.05) is 111 Å². The van der Waals surface area contributed by atoms with Crippen LogP contribution in [0, 0.1) is 19.8 Å². The molecule has 4 atom stereocenters. The SMILES string of the molecule is CCC(=O)OC1C=C(c2c(C)c(-c3ccccc3)c(C3=CC(OC(N)=O)CCC3OC(=O)C(C)C)c(-c3ccc(C)cc3)c2-c2ccccc2)C(OC(N)=O)CC1. The van der Waals surface area contributed by atoms with Gasteiger partial charge in [-0.15, -0.1) is 0 Å². The second kappa shape index (κ2) is 17.7. The number of aryl methyl sites for hydroxylation is 1. The first kappa shape index (κ1) is 40.5. The molecule has 0 saturated carbocycles. The number of carbonyl (C=O) groups is 4. The predicted molar refractivity (Wildman–Crippen MR) is 220 cm³/mol. The number of ether oxygens (including phenoxy) is 4. The van der Waals surface area contributed by atoms with E-state index in [4.69, 9.17) is 30.4 Å². The molecule has 4 aromatic carbocycles. The highest BCUT2D eigenvalue weighted by atomic mass is 16.6. The first-order chi connectivity index (χ1) is 27.4. The average molecular weight is 771 g/mol. The molecule has 4 N–H and O–H groups in total. The molecule has 0 aromatic heterocycles. The molecule has 0 fully saturated rings. The fourth-order valence-electron chi connectivity index (χ4n) is 7.85. The lowest BCUT2D eigenvalue weighted by molar-refractivity contribution is -0.151. The van der Waals surface area contributed by atoms with Gasteiger partial charge in [0.2, 0.25) is 0 Å². The Balaban J connectivity index is 1.84. The van der Waals surface area contributed by atoms with Crippen molar-refractivity contribution in [3.05, 3.63) is 119 Å². The van der Waals surface area contributed by atoms with Crippen molar-refractivity contribution in [1.82, 2.24) is 0 Å². The van der Waals surface area contributed by atoms with Gasteiger partial charge in [-0.05, 0) is 102 Å². The highest BCUT2D eigenvalue weighted by Gasteiger charge is 2.38.